The number of benzene rings is 3. The average molecular weight is 535 g/mol. The summed E-state index contributed by atoms with van der Waals surface area (Å²) in [6.45, 7) is 14.3. The third kappa shape index (κ3) is 3.56. The molecule has 3 aromatic rings. The Morgan fingerprint density at radius 2 is 1.66 bits per heavy atom. The van der Waals surface area contributed by atoms with E-state index >= 15 is 0 Å². The Labute approximate surface area is 222 Å². The maximum atomic E-state index is 7.14. The number of quaternary nitrogens is 1. The maximum absolute atomic E-state index is 7.14. The van der Waals surface area contributed by atoms with Gasteiger partial charge in [-0.3, -0.25) is 0 Å². The molecule has 2 heterocycles. The van der Waals surface area contributed by atoms with Crippen molar-refractivity contribution < 1.29 is 26.2 Å². The van der Waals surface area contributed by atoms with Crippen molar-refractivity contribution in [2.24, 2.45) is 23.7 Å². The van der Waals surface area contributed by atoms with Gasteiger partial charge in [0, 0.05) is 23.3 Å². The number of fused-ring (bicyclic) bond motifs is 1. The molecule has 6 rings (SSSR count). The van der Waals surface area contributed by atoms with Crippen molar-refractivity contribution in [2.45, 2.75) is 64.8 Å². The Bertz CT molecular complexity index is 1190. The average Bonchev–Trinajstić information content (AvgIpc) is 3.38. The van der Waals surface area contributed by atoms with Crippen LogP contribution in [-0.2, 0) is 17.9 Å². The van der Waals surface area contributed by atoms with Crippen molar-refractivity contribution in [3.63, 3.8) is 0 Å². The second-order valence-corrected chi connectivity index (χ2v) is 12.1. The second kappa shape index (κ2) is 9.01. The third-order valence-electron chi connectivity index (χ3n) is 10.4. The largest absolute Gasteiger partial charge is 1.00 e. The SMILES string of the molecule is CC(C)[C@@]1(OCc2ccccc2)C[N@+]2(Cc3cccc4ccccc34)C[C@@H](C)[C@@H]3CC[C@H]1[C@@]32C.[Br-]. The first-order valence-corrected chi connectivity index (χ1v) is 13.4. The van der Waals surface area contributed by atoms with Gasteiger partial charge in [-0.25, -0.2) is 0 Å². The molecule has 0 radical (unpaired) electrons. The first-order chi connectivity index (χ1) is 16.4. The van der Waals surface area contributed by atoms with E-state index in [1.54, 1.807) is 0 Å². The van der Waals surface area contributed by atoms with Crippen molar-refractivity contribution in [3.8, 4) is 0 Å². The minimum absolute atomic E-state index is 0. The molecular weight excluding hydrogens is 494 g/mol. The van der Waals surface area contributed by atoms with Gasteiger partial charge in [-0.1, -0.05) is 93.6 Å². The molecule has 0 unspecified atom stereocenters. The van der Waals surface area contributed by atoms with E-state index in [4.69, 9.17) is 4.74 Å². The van der Waals surface area contributed by atoms with Crippen molar-refractivity contribution in [1.82, 2.24) is 0 Å². The molecule has 2 aliphatic heterocycles. The van der Waals surface area contributed by atoms with Crippen LogP contribution in [0.15, 0.2) is 72.8 Å². The van der Waals surface area contributed by atoms with Crippen LogP contribution in [0.3, 0.4) is 0 Å². The zero-order valence-electron chi connectivity index (χ0n) is 21.7. The van der Waals surface area contributed by atoms with Gasteiger partial charge in [0.25, 0.3) is 0 Å². The number of hydrogen-bond donors (Lipinski definition) is 0. The molecule has 0 spiro atoms. The van der Waals surface area contributed by atoms with Gasteiger partial charge in [-0.2, -0.15) is 0 Å². The van der Waals surface area contributed by atoms with E-state index < -0.39 is 0 Å². The lowest BCUT2D eigenvalue weighted by molar-refractivity contribution is -0.968. The summed E-state index contributed by atoms with van der Waals surface area (Å²) >= 11 is 0. The van der Waals surface area contributed by atoms with Gasteiger partial charge >= 0.3 is 0 Å². The number of hydrogen-bond acceptors (Lipinski definition) is 1. The van der Waals surface area contributed by atoms with E-state index in [-0.39, 0.29) is 28.1 Å². The highest BCUT2D eigenvalue weighted by Crippen LogP contribution is 2.67. The Hall–Kier alpha value is -1.68. The molecule has 6 atom stereocenters. The molecule has 3 heteroatoms. The van der Waals surface area contributed by atoms with Crippen LogP contribution in [0.1, 0.15) is 51.7 Å². The number of ether oxygens (including phenoxy) is 1. The van der Waals surface area contributed by atoms with Gasteiger partial charge in [0.1, 0.15) is 24.2 Å². The first-order valence-electron chi connectivity index (χ1n) is 13.4. The second-order valence-electron chi connectivity index (χ2n) is 12.1. The topological polar surface area (TPSA) is 9.23 Å². The zero-order chi connectivity index (χ0) is 23.6. The van der Waals surface area contributed by atoms with Gasteiger partial charge in [0.2, 0.25) is 0 Å². The Kier molecular flexibility index (Phi) is 6.43. The molecule has 3 aromatic carbocycles. The van der Waals surface area contributed by atoms with Crippen molar-refractivity contribution >= 4 is 10.8 Å². The summed E-state index contributed by atoms with van der Waals surface area (Å²) in [5.41, 5.74) is 3.03. The van der Waals surface area contributed by atoms with Crippen molar-refractivity contribution in [1.29, 1.82) is 0 Å². The monoisotopic (exact) mass is 533 g/mol. The summed E-state index contributed by atoms with van der Waals surface area (Å²) in [6, 6.07) is 26.7. The summed E-state index contributed by atoms with van der Waals surface area (Å²) in [6.07, 6.45) is 2.68. The molecule has 186 valence electrons. The first kappa shape index (κ1) is 25.0. The molecule has 35 heavy (non-hydrogen) atoms. The lowest BCUT2D eigenvalue weighted by atomic mass is 9.72. The van der Waals surface area contributed by atoms with Crippen LogP contribution in [0.25, 0.3) is 10.8 Å². The molecule has 0 N–H and O–H groups in total. The quantitative estimate of drug-likeness (QED) is 0.431. The maximum Gasteiger partial charge on any atom is 0.128 e. The molecule has 2 saturated heterocycles. The van der Waals surface area contributed by atoms with Crippen LogP contribution in [0.2, 0.25) is 0 Å². The molecular formula is C32H40BrNO. The van der Waals surface area contributed by atoms with E-state index in [1.807, 2.05) is 0 Å². The van der Waals surface area contributed by atoms with Crippen LogP contribution >= 0.6 is 0 Å². The predicted molar refractivity (Wildman–Crippen MR) is 140 cm³/mol. The molecule has 3 fully saturated rings. The Balaban J connectivity index is 0.00000253. The summed E-state index contributed by atoms with van der Waals surface area (Å²) in [7, 11) is 0. The van der Waals surface area contributed by atoms with Crippen LogP contribution in [-0.4, -0.2) is 28.7 Å². The normalized spacial score (nSPS) is 35.4. The Morgan fingerprint density at radius 1 is 0.943 bits per heavy atom. The fourth-order valence-corrected chi connectivity index (χ4v) is 8.90. The zero-order valence-corrected chi connectivity index (χ0v) is 23.3. The minimum Gasteiger partial charge on any atom is -1.00 e. The predicted octanol–water partition coefficient (Wildman–Crippen LogP) is 4.22. The lowest BCUT2D eigenvalue weighted by Gasteiger charge is -2.44. The fraction of sp³-hybridized carbons (Fsp3) is 0.500. The third-order valence-corrected chi connectivity index (χ3v) is 10.4. The highest BCUT2D eigenvalue weighted by molar-refractivity contribution is 5.85. The highest BCUT2D eigenvalue weighted by Gasteiger charge is 2.78. The molecule has 0 aromatic heterocycles. The van der Waals surface area contributed by atoms with E-state index in [9.17, 15) is 0 Å². The summed E-state index contributed by atoms with van der Waals surface area (Å²) < 4.78 is 8.34. The fourth-order valence-electron chi connectivity index (χ4n) is 8.90. The van der Waals surface area contributed by atoms with Crippen LogP contribution in [0.5, 0.6) is 0 Å². The molecule has 0 bridgehead atoms. The van der Waals surface area contributed by atoms with E-state index in [1.165, 1.54) is 45.8 Å². The van der Waals surface area contributed by atoms with E-state index in [2.05, 4.69) is 100 Å². The molecule has 0 amide bonds. The minimum atomic E-state index is -0.0654. The van der Waals surface area contributed by atoms with Gasteiger partial charge in [0.15, 0.2) is 0 Å². The van der Waals surface area contributed by atoms with E-state index in [0.717, 1.165) is 31.5 Å². The van der Waals surface area contributed by atoms with Crippen molar-refractivity contribution in [2.75, 3.05) is 13.1 Å². The summed E-state index contributed by atoms with van der Waals surface area (Å²) in [5.74, 6) is 2.70. The summed E-state index contributed by atoms with van der Waals surface area (Å²) in [4.78, 5) is 0. The van der Waals surface area contributed by atoms with Gasteiger partial charge in [0.05, 0.1) is 13.2 Å². The van der Waals surface area contributed by atoms with E-state index in [0.29, 0.717) is 11.8 Å². The highest BCUT2D eigenvalue weighted by atomic mass is 79.9. The number of halogens is 1. The molecule has 1 aliphatic carbocycles. The summed E-state index contributed by atoms with van der Waals surface area (Å²) in [5, 5.41) is 2.80. The van der Waals surface area contributed by atoms with Gasteiger partial charge in [-0.05, 0) is 42.0 Å². The van der Waals surface area contributed by atoms with Crippen molar-refractivity contribution in [3.05, 3.63) is 83.9 Å². The number of rotatable bonds is 6. The smallest absolute Gasteiger partial charge is 0.128 e. The molecule has 1 saturated carbocycles. The lowest BCUT2D eigenvalue weighted by Crippen LogP contribution is -3.00. The number of nitrogens with zero attached hydrogens (tertiary/aromatic N) is 1. The van der Waals surface area contributed by atoms with Crippen LogP contribution in [0.4, 0.5) is 0 Å². The van der Waals surface area contributed by atoms with Gasteiger partial charge in [-0.15, -0.1) is 0 Å². The molecule has 3 aliphatic rings. The molecule has 2 nitrogen and oxygen atoms in total. The van der Waals surface area contributed by atoms with Gasteiger partial charge < -0.3 is 26.2 Å². The Morgan fingerprint density at radius 3 is 2.43 bits per heavy atom. The standard InChI is InChI=1S/C32H40NO.BrH/c1-23(2)32(34-21-25-11-6-5-7-12-25)22-33(19-24(3)29-17-18-30(32)31(29,33)4)20-27-15-10-14-26-13-8-9-16-28(26)27;/h5-16,23-24,29-30H,17-22H2,1-4H3;1H/q+1;/p-1/t24-,29+,30+,31-,32+,33-;/m1./s1. The van der Waals surface area contributed by atoms with Crippen LogP contribution in [0, 0.1) is 23.7 Å². The van der Waals surface area contributed by atoms with Crippen LogP contribution < -0.4 is 17.0 Å².